The maximum absolute atomic E-state index is 12.9. The van der Waals surface area contributed by atoms with Gasteiger partial charge in [0.15, 0.2) is 0 Å². The summed E-state index contributed by atoms with van der Waals surface area (Å²) in [4.78, 5) is 24.2. The molecule has 2 atom stereocenters. The minimum Gasteiger partial charge on any atom is -0.457 e. The van der Waals surface area contributed by atoms with E-state index in [9.17, 15) is 14.9 Å². The summed E-state index contributed by atoms with van der Waals surface area (Å²) in [7, 11) is 0. The monoisotopic (exact) mass is 570 g/mol. The van der Waals surface area contributed by atoms with Crippen molar-refractivity contribution in [1.82, 2.24) is 10.3 Å². The third-order valence-electron chi connectivity index (χ3n) is 7.00. The van der Waals surface area contributed by atoms with Gasteiger partial charge >= 0.3 is 5.85 Å². The average molecular weight is 571 g/mol. The lowest BCUT2D eigenvalue weighted by Crippen LogP contribution is -2.61. The van der Waals surface area contributed by atoms with E-state index < -0.39 is 10.8 Å². The number of rotatable bonds is 4. The minimum absolute atomic E-state index is 0.0300. The van der Waals surface area contributed by atoms with Crippen molar-refractivity contribution < 1.29 is 18.9 Å². The summed E-state index contributed by atoms with van der Waals surface area (Å²) in [6, 6.07) is 24.8. The van der Waals surface area contributed by atoms with Crippen LogP contribution in [0.15, 0.2) is 99.4 Å². The van der Waals surface area contributed by atoms with Crippen molar-refractivity contribution in [2.45, 2.75) is 18.3 Å². The Labute approximate surface area is 237 Å². The second-order valence-corrected chi connectivity index (χ2v) is 10.9. The maximum atomic E-state index is 12.9. The molecule has 1 spiro atoms. The number of hydrogen-bond acceptors (Lipinski definition) is 8. The molecule has 1 saturated heterocycles. The summed E-state index contributed by atoms with van der Waals surface area (Å²) in [6.45, 7) is 0. The molecule has 1 N–H and O–H groups in total. The number of para-hydroxylation sites is 1. The molecule has 0 bridgehead atoms. The van der Waals surface area contributed by atoms with Crippen molar-refractivity contribution in [2.24, 2.45) is 5.10 Å². The Bertz CT molecular complexity index is 1750. The van der Waals surface area contributed by atoms with Gasteiger partial charge < -0.3 is 9.15 Å². The lowest BCUT2D eigenvalue weighted by Gasteiger charge is -2.44. The summed E-state index contributed by atoms with van der Waals surface area (Å²) < 4.78 is 12.6. The molecule has 198 valence electrons. The standard InChI is InChI=1S/C29H19ClN4O5S/c30-19-10-8-17(9-11-19)23-16-24-22-6-1-2-7-26(22)39-29(33(24)32-23)27(40-28(35)31-29)15-21-12-13-25(38-21)18-4-3-5-20(14-18)34(36)37/h1-15,24H,16H2,(H,31,35)/b27-15-. The number of nitrogens with zero attached hydrogens (tertiary/aromatic N) is 3. The van der Waals surface area contributed by atoms with Crippen molar-refractivity contribution in [3.63, 3.8) is 0 Å². The summed E-state index contributed by atoms with van der Waals surface area (Å²) >= 11 is 7.12. The predicted molar refractivity (Wildman–Crippen MR) is 152 cm³/mol. The van der Waals surface area contributed by atoms with Crippen LogP contribution < -0.4 is 10.1 Å². The van der Waals surface area contributed by atoms with Gasteiger partial charge in [-0.3, -0.25) is 20.2 Å². The van der Waals surface area contributed by atoms with Crippen LogP contribution in [0, 0.1) is 10.1 Å². The highest BCUT2D eigenvalue weighted by Crippen LogP contribution is 2.52. The van der Waals surface area contributed by atoms with Crippen LogP contribution in [-0.2, 0) is 0 Å². The lowest BCUT2D eigenvalue weighted by molar-refractivity contribution is -0.384. The summed E-state index contributed by atoms with van der Waals surface area (Å²) in [5.41, 5.74) is 3.29. The van der Waals surface area contributed by atoms with Gasteiger partial charge in [0.25, 0.3) is 10.9 Å². The molecule has 40 heavy (non-hydrogen) atoms. The number of benzene rings is 3. The molecule has 4 heterocycles. The number of nitro groups is 1. The molecule has 1 amide bonds. The second kappa shape index (κ2) is 9.29. The number of nitrogens with one attached hydrogen (secondary N) is 1. The highest BCUT2D eigenvalue weighted by Gasteiger charge is 2.58. The fraction of sp³-hybridized carbons (Fsp3) is 0.103. The zero-order valence-electron chi connectivity index (χ0n) is 20.6. The molecule has 4 aromatic rings. The van der Waals surface area contributed by atoms with Crippen molar-refractivity contribution in [3.05, 3.63) is 122 Å². The Morgan fingerprint density at radius 1 is 1.07 bits per heavy atom. The smallest absolute Gasteiger partial charge is 0.314 e. The van der Waals surface area contributed by atoms with Gasteiger partial charge in [0.2, 0.25) is 0 Å². The molecule has 7 rings (SSSR count). The predicted octanol–water partition coefficient (Wildman–Crippen LogP) is 7.20. The zero-order valence-corrected chi connectivity index (χ0v) is 22.2. The molecule has 3 aliphatic heterocycles. The second-order valence-electron chi connectivity index (χ2n) is 9.43. The van der Waals surface area contributed by atoms with Crippen molar-refractivity contribution >= 4 is 46.1 Å². The molecule has 9 nitrogen and oxygen atoms in total. The third-order valence-corrected chi connectivity index (χ3v) is 8.15. The van der Waals surface area contributed by atoms with Crippen LogP contribution in [0.5, 0.6) is 5.75 Å². The molecule has 3 aromatic carbocycles. The Hall–Kier alpha value is -4.54. The minimum atomic E-state index is -1.38. The maximum Gasteiger partial charge on any atom is 0.314 e. The van der Waals surface area contributed by atoms with E-state index in [0.717, 1.165) is 28.6 Å². The molecule has 11 heteroatoms. The molecule has 3 aliphatic rings. The number of ether oxygens (including phenoxy) is 1. The van der Waals surface area contributed by atoms with E-state index in [1.165, 1.54) is 12.1 Å². The topological polar surface area (TPSA) is 110 Å². The quantitative estimate of drug-likeness (QED) is 0.204. The first-order chi connectivity index (χ1) is 19.4. The number of hydrazone groups is 1. The van der Waals surface area contributed by atoms with Gasteiger partial charge in [-0.1, -0.05) is 54.1 Å². The molecule has 1 aromatic heterocycles. The molecule has 0 aliphatic carbocycles. The molecular weight excluding hydrogens is 552 g/mol. The Balaban J connectivity index is 1.31. The van der Waals surface area contributed by atoms with E-state index in [2.05, 4.69) is 5.32 Å². The Kier molecular flexibility index (Phi) is 5.69. The van der Waals surface area contributed by atoms with Gasteiger partial charge in [-0.2, -0.15) is 5.10 Å². The number of thioether (sulfide) groups is 1. The summed E-state index contributed by atoms with van der Waals surface area (Å²) in [5, 5.41) is 21.4. The van der Waals surface area contributed by atoms with E-state index in [-0.39, 0.29) is 17.0 Å². The van der Waals surface area contributed by atoms with Gasteiger partial charge in [0.1, 0.15) is 17.3 Å². The van der Waals surface area contributed by atoms with Gasteiger partial charge in [-0.15, -0.1) is 0 Å². The number of carbonyl (C=O) groups excluding carboxylic acids is 1. The largest absolute Gasteiger partial charge is 0.457 e. The first kappa shape index (κ1) is 24.5. The number of carbonyl (C=O) groups is 1. The SMILES string of the molecule is O=C1NC2(Oc3ccccc3C3CC(c4ccc(Cl)cc4)=NN32)/C(=C/c2ccc(-c3cccc([N+](=O)[O-])c3)o2)S1. The van der Waals surface area contributed by atoms with Gasteiger partial charge in [0, 0.05) is 34.7 Å². The first-order valence-electron chi connectivity index (χ1n) is 12.4. The fourth-order valence-corrected chi connectivity index (χ4v) is 6.18. The number of amides is 1. The number of nitro benzene ring substituents is 1. The van der Waals surface area contributed by atoms with Crippen molar-refractivity contribution in [1.29, 1.82) is 0 Å². The zero-order chi connectivity index (χ0) is 27.4. The number of hydrogen-bond donors (Lipinski definition) is 1. The lowest BCUT2D eigenvalue weighted by atomic mass is 9.96. The molecule has 2 unspecified atom stereocenters. The van der Waals surface area contributed by atoms with E-state index in [1.807, 2.05) is 53.5 Å². The molecule has 1 fully saturated rings. The normalized spacial score (nSPS) is 22.1. The van der Waals surface area contributed by atoms with Crippen LogP contribution in [0.25, 0.3) is 17.4 Å². The van der Waals surface area contributed by atoms with Crippen LogP contribution >= 0.6 is 23.4 Å². The van der Waals surface area contributed by atoms with Crippen molar-refractivity contribution in [3.8, 4) is 17.1 Å². The number of furan rings is 1. The van der Waals surface area contributed by atoms with Crippen LogP contribution in [-0.4, -0.2) is 26.7 Å². The van der Waals surface area contributed by atoms with E-state index >= 15 is 0 Å². The van der Waals surface area contributed by atoms with Crippen LogP contribution in [0.4, 0.5) is 10.5 Å². The van der Waals surface area contributed by atoms with Crippen LogP contribution in [0.3, 0.4) is 0 Å². The van der Waals surface area contributed by atoms with Crippen LogP contribution in [0.2, 0.25) is 5.02 Å². The fourth-order valence-electron chi connectivity index (χ4n) is 5.17. The summed E-state index contributed by atoms with van der Waals surface area (Å²) in [5.74, 6) is 0.193. The molecule has 0 radical (unpaired) electrons. The number of non-ortho nitro benzene ring substituents is 1. The van der Waals surface area contributed by atoms with E-state index in [1.54, 1.807) is 30.3 Å². The Morgan fingerprint density at radius 3 is 2.73 bits per heavy atom. The number of fused-ring (bicyclic) bond motifs is 4. The van der Waals surface area contributed by atoms with Gasteiger partial charge in [-0.05, 0) is 53.7 Å². The van der Waals surface area contributed by atoms with E-state index in [4.69, 9.17) is 25.9 Å². The van der Waals surface area contributed by atoms with Gasteiger partial charge in [0.05, 0.1) is 21.6 Å². The van der Waals surface area contributed by atoms with Crippen molar-refractivity contribution in [2.75, 3.05) is 0 Å². The third kappa shape index (κ3) is 4.04. The average Bonchev–Trinajstić information content (AvgIpc) is 3.68. The summed E-state index contributed by atoms with van der Waals surface area (Å²) in [6.07, 6.45) is 2.35. The Morgan fingerprint density at radius 2 is 1.90 bits per heavy atom. The first-order valence-corrected chi connectivity index (χ1v) is 13.6. The highest BCUT2D eigenvalue weighted by atomic mass is 35.5. The van der Waals surface area contributed by atoms with Gasteiger partial charge in [-0.25, -0.2) is 5.01 Å². The molecular formula is C29H19ClN4O5S. The highest BCUT2D eigenvalue weighted by molar-refractivity contribution is 8.17. The van der Waals surface area contributed by atoms with Crippen LogP contribution in [0.1, 0.15) is 29.3 Å². The number of halogens is 1. The molecule has 0 saturated carbocycles. The van der Waals surface area contributed by atoms with E-state index in [0.29, 0.717) is 39.2 Å².